The normalized spacial score (nSPS) is 17.4. The third kappa shape index (κ3) is 2.60. The van der Waals surface area contributed by atoms with Gasteiger partial charge in [0.2, 0.25) is 0 Å². The summed E-state index contributed by atoms with van der Waals surface area (Å²) >= 11 is 0. The molecule has 7 heteroatoms. The zero-order valence-corrected chi connectivity index (χ0v) is 14.0. The van der Waals surface area contributed by atoms with Crippen LogP contribution in [0.5, 0.6) is 0 Å². The van der Waals surface area contributed by atoms with Gasteiger partial charge in [-0.3, -0.25) is 0 Å². The van der Waals surface area contributed by atoms with Crippen molar-refractivity contribution in [2.24, 2.45) is 5.73 Å². The number of nitriles is 1. The van der Waals surface area contributed by atoms with E-state index in [4.69, 9.17) is 10.5 Å². The summed E-state index contributed by atoms with van der Waals surface area (Å²) in [6, 6.07) is 10.9. The Balaban J connectivity index is 1.90. The van der Waals surface area contributed by atoms with E-state index in [0.717, 1.165) is 17.3 Å². The summed E-state index contributed by atoms with van der Waals surface area (Å²) in [5, 5.41) is 10.9. The molecule has 2 heterocycles. The molecule has 1 atom stereocenters. The average Bonchev–Trinajstić information content (AvgIpc) is 3.00. The van der Waals surface area contributed by atoms with Gasteiger partial charge in [-0.15, -0.1) is 0 Å². The molecule has 1 saturated heterocycles. The lowest BCUT2D eigenvalue weighted by Crippen LogP contribution is -2.41. The van der Waals surface area contributed by atoms with Crippen LogP contribution in [-0.2, 0) is 4.74 Å². The standard InChI is InChI=1S/C19H17FN4O2/c20-14-8-11(9-21)17-16(13-5-1-2-6-15(13)23-17)18(14)24-7-3-4-12(10-24)26-19(22)25/h1-2,5-6,8,12,23H,3-4,7,10H2,(H2,22,25)/t12-/m1/s1. The third-order valence-electron chi connectivity index (χ3n) is 4.81. The van der Waals surface area contributed by atoms with Gasteiger partial charge in [0.15, 0.2) is 0 Å². The van der Waals surface area contributed by atoms with E-state index in [1.807, 2.05) is 29.2 Å². The molecule has 2 aromatic carbocycles. The van der Waals surface area contributed by atoms with Crippen LogP contribution in [0.15, 0.2) is 30.3 Å². The van der Waals surface area contributed by atoms with E-state index >= 15 is 4.39 Å². The second-order valence-electron chi connectivity index (χ2n) is 6.43. The second-order valence-corrected chi connectivity index (χ2v) is 6.43. The van der Waals surface area contributed by atoms with Crippen LogP contribution in [0, 0.1) is 17.1 Å². The van der Waals surface area contributed by atoms with E-state index in [0.29, 0.717) is 36.1 Å². The highest BCUT2D eigenvalue weighted by molar-refractivity contribution is 6.15. The number of nitrogens with two attached hydrogens (primary N) is 1. The van der Waals surface area contributed by atoms with Gasteiger partial charge < -0.3 is 20.4 Å². The molecule has 1 aromatic heterocycles. The topological polar surface area (TPSA) is 95.1 Å². The van der Waals surface area contributed by atoms with E-state index in [9.17, 15) is 10.1 Å². The zero-order valence-electron chi connectivity index (χ0n) is 14.0. The van der Waals surface area contributed by atoms with Crippen molar-refractivity contribution in [3.63, 3.8) is 0 Å². The Kier molecular flexibility index (Phi) is 3.88. The molecular weight excluding hydrogens is 335 g/mol. The number of benzene rings is 2. The molecule has 3 aromatic rings. The van der Waals surface area contributed by atoms with Crippen molar-refractivity contribution >= 4 is 33.6 Å². The first-order chi connectivity index (χ1) is 12.6. The van der Waals surface area contributed by atoms with Crippen LogP contribution in [0.4, 0.5) is 14.9 Å². The lowest BCUT2D eigenvalue weighted by molar-refractivity contribution is 0.0965. The van der Waals surface area contributed by atoms with Gasteiger partial charge in [0.25, 0.3) is 0 Å². The molecule has 1 aliphatic heterocycles. The molecule has 3 N–H and O–H groups in total. The molecule has 132 valence electrons. The number of carbonyl (C=O) groups excluding carboxylic acids is 1. The summed E-state index contributed by atoms with van der Waals surface area (Å²) in [5.74, 6) is -0.460. The molecule has 4 rings (SSSR count). The number of H-pyrrole nitrogens is 1. The monoisotopic (exact) mass is 352 g/mol. The maximum Gasteiger partial charge on any atom is 0.404 e. The molecule has 1 aliphatic rings. The number of hydrogen-bond acceptors (Lipinski definition) is 4. The van der Waals surface area contributed by atoms with Crippen LogP contribution < -0.4 is 10.6 Å². The molecule has 1 fully saturated rings. The van der Waals surface area contributed by atoms with Gasteiger partial charge in [-0.1, -0.05) is 18.2 Å². The van der Waals surface area contributed by atoms with Gasteiger partial charge in [0, 0.05) is 22.8 Å². The molecule has 0 aliphatic carbocycles. The Morgan fingerprint density at radius 3 is 3.00 bits per heavy atom. The number of primary amides is 1. The van der Waals surface area contributed by atoms with Crippen molar-refractivity contribution in [2.75, 3.05) is 18.0 Å². The number of anilines is 1. The zero-order chi connectivity index (χ0) is 18.3. The summed E-state index contributed by atoms with van der Waals surface area (Å²) < 4.78 is 20.1. The molecule has 6 nitrogen and oxygen atoms in total. The minimum absolute atomic E-state index is 0.263. The SMILES string of the molecule is N#Cc1cc(F)c(N2CCC[C@@H](OC(N)=O)C2)c2c1[nH]c1ccccc12. The highest BCUT2D eigenvalue weighted by atomic mass is 19.1. The molecule has 1 amide bonds. The first kappa shape index (κ1) is 16.2. The number of fused-ring (bicyclic) bond motifs is 3. The largest absolute Gasteiger partial charge is 0.445 e. The number of para-hydroxylation sites is 1. The van der Waals surface area contributed by atoms with E-state index < -0.39 is 11.9 Å². The number of piperidine rings is 1. The van der Waals surface area contributed by atoms with Crippen molar-refractivity contribution in [3.05, 3.63) is 41.7 Å². The number of ether oxygens (including phenoxy) is 1. The predicted molar refractivity (Wildman–Crippen MR) is 96.4 cm³/mol. The Bertz CT molecular complexity index is 1050. The van der Waals surface area contributed by atoms with E-state index in [1.165, 1.54) is 6.07 Å². The number of aromatic amines is 1. The lowest BCUT2D eigenvalue weighted by atomic mass is 10.0. The number of hydrogen-bond donors (Lipinski definition) is 2. The number of nitrogens with zero attached hydrogens (tertiary/aromatic N) is 2. The van der Waals surface area contributed by atoms with Crippen LogP contribution in [0.1, 0.15) is 18.4 Å². The summed E-state index contributed by atoms with van der Waals surface area (Å²) in [6.45, 7) is 0.996. The minimum Gasteiger partial charge on any atom is -0.445 e. The highest BCUT2D eigenvalue weighted by Crippen LogP contribution is 2.38. The van der Waals surface area contributed by atoms with Gasteiger partial charge in [0.1, 0.15) is 18.0 Å². The predicted octanol–water partition coefficient (Wildman–Crippen LogP) is 3.40. The Morgan fingerprint density at radius 1 is 1.42 bits per heavy atom. The van der Waals surface area contributed by atoms with Crippen LogP contribution >= 0.6 is 0 Å². The number of carbonyl (C=O) groups is 1. The van der Waals surface area contributed by atoms with Gasteiger partial charge in [-0.2, -0.15) is 5.26 Å². The van der Waals surface area contributed by atoms with Crippen molar-refractivity contribution in [1.29, 1.82) is 5.26 Å². The first-order valence-electron chi connectivity index (χ1n) is 8.42. The van der Waals surface area contributed by atoms with Crippen molar-refractivity contribution in [3.8, 4) is 6.07 Å². The van der Waals surface area contributed by atoms with Crippen molar-refractivity contribution in [1.82, 2.24) is 4.98 Å². The molecule has 0 radical (unpaired) electrons. The minimum atomic E-state index is -0.825. The van der Waals surface area contributed by atoms with Crippen molar-refractivity contribution < 1.29 is 13.9 Å². The number of halogens is 1. The fourth-order valence-electron chi connectivity index (χ4n) is 3.78. The number of amides is 1. The Labute approximate surface area is 148 Å². The Hall–Kier alpha value is -3.27. The molecule has 0 bridgehead atoms. The summed E-state index contributed by atoms with van der Waals surface area (Å²) in [7, 11) is 0. The maximum atomic E-state index is 15.0. The van der Waals surface area contributed by atoms with Gasteiger partial charge in [-0.05, 0) is 25.0 Å². The van der Waals surface area contributed by atoms with E-state index in [2.05, 4.69) is 11.1 Å². The lowest BCUT2D eigenvalue weighted by Gasteiger charge is -2.34. The van der Waals surface area contributed by atoms with Crippen LogP contribution in [-0.4, -0.2) is 30.3 Å². The van der Waals surface area contributed by atoms with Gasteiger partial charge >= 0.3 is 6.09 Å². The second kappa shape index (κ2) is 6.23. The summed E-state index contributed by atoms with van der Waals surface area (Å²) in [5.41, 5.74) is 7.27. The number of aromatic nitrogens is 1. The fraction of sp³-hybridized carbons (Fsp3) is 0.263. The third-order valence-corrected chi connectivity index (χ3v) is 4.81. The average molecular weight is 352 g/mol. The van der Waals surface area contributed by atoms with Crippen LogP contribution in [0.25, 0.3) is 21.8 Å². The Morgan fingerprint density at radius 2 is 2.23 bits per heavy atom. The first-order valence-corrected chi connectivity index (χ1v) is 8.42. The molecule has 0 spiro atoms. The smallest absolute Gasteiger partial charge is 0.404 e. The highest BCUT2D eigenvalue weighted by Gasteiger charge is 2.27. The van der Waals surface area contributed by atoms with E-state index in [-0.39, 0.29) is 11.7 Å². The van der Waals surface area contributed by atoms with Crippen molar-refractivity contribution in [2.45, 2.75) is 18.9 Å². The van der Waals surface area contributed by atoms with Crippen LogP contribution in [0.2, 0.25) is 0 Å². The number of rotatable bonds is 2. The quantitative estimate of drug-likeness (QED) is 0.739. The van der Waals surface area contributed by atoms with Gasteiger partial charge in [0.05, 0.1) is 23.3 Å². The van der Waals surface area contributed by atoms with Crippen LogP contribution in [0.3, 0.4) is 0 Å². The van der Waals surface area contributed by atoms with Gasteiger partial charge in [-0.25, -0.2) is 9.18 Å². The maximum absolute atomic E-state index is 15.0. The molecule has 0 saturated carbocycles. The summed E-state index contributed by atoms with van der Waals surface area (Å²) in [6.07, 6.45) is 0.237. The summed E-state index contributed by atoms with van der Waals surface area (Å²) in [4.78, 5) is 16.2. The number of nitrogens with one attached hydrogen (secondary N) is 1. The molecule has 26 heavy (non-hydrogen) atoms. The fourth-order valence-corrected chi connectivity index (χ4v) is 3.78. The van der Waals surface area contributed by atoms with E-state index in [1.54, 1.807) is 0 Å². The molecule has 0 unspecified atom stereocenters. The molecular formula is C19H17FN4O2.